The molecule has 1 aliphatic carbocycles. The first-order valence-electron chi connectivity index (χ1n) is 5.20. The molecule has 7 heteroatoms. The van der Waals surface area contributed by atoms with Crippen molar-refractivity contribution in [2.24, 2.45) is 0 Å². The quantitative estimate of drug-likeness (QED) is 0.706. The summed E-state index contributed by atoms with van der Waals surface area (Å²) in [5.41, 5.74) is -0.638. The fourth-order valence-corrected chi connectivity index (χ4v) is 2.14. The molecular weight excluding hydrogens is 370 g/mol. The Bertz CT molecular complexity index is 517. The summed E-state index contributed by atoms with van der Waals surface area (Å²) in [6, 6.07) is 4.64. The van der Waals surface area contributed by atoms with Crippen LogP contribution in [0, 0.1) is 3.57 Å². The van der Waals surface area contributed by atoms with Gasteiger partial charge in [0.25, 0.3) is 0 Å². The number of hydrogen-bond donors (Lipinski definition) is 3. The first-order valence-corrected chi connectivity index (χ1v) is 6.66. The fraction of sp³-hybridized carbons (Fsp3) is 0.273. The maximum absolute atomic E-state index is 11.7. The lowest BCUT2D eigenvalue weighted by Gasteiger charge is -2.14. The summed E-state index contributed by atoms with van der Waals surface area (Å²) >= 11 is 8.02. The van der Waals surface area contributed by atoms with E-state index >= 15 is 0 Å². The molecule has 2 rings (SSSR count). The summed E-state index contributed by atoms with van der Waals surface area (Å²) in [4.78, 5) is 22.6. The van der Waals surface area contributed by atoms with Crippen LogP contribution in [-0.2, 0) is 4.79 Å². The zero-order chi connectivity index (χ0) is 13.3. The lowest BCUT2D eigenvalue weighted by Crippen LogP contribution is -2.45. The number of carbonyl (C=O) groups excluding carboxylic acids is 1. The largest absolute Gasteiger partial charge is 0.480 e. The van der Waals surface area contributed by atoms with Gasteiger partial charge in [0, 0.05) is 3.57 Å². The van der Waals surface area contributed by atoms with Crippen LogP contribution in [0.1, 0.15) is 12.8 Å². The Kier molecular flexibility index (Phi) is 3.67. The van der Waals surface area contributed by atoms with Gasteiger partial charge in [0.1, 0.15) is 5.54 Å². The number of rotatable bonds is 3. The molecule has 18 heavy (non-hydrogen) atoms. The van der Waals surface area contributed by atoms with E-state index in [-0.39, 0.29) is 0 Å². The molecule has 0 saturated heterocycles. The molecule has 1 aromatic rings. The molecule has 2 amide bonds. The number of halogens is 2. The summed E-state index contributed by atoms with van der Waals surface area (Å²) < 4.78 is 0.923. The molecule has 0 atom stereocenters. The Morgan fingerprint density at radius 3 is 2.61 bits per heavy atom. The van der Waals surface area contributed by atoms with Gasteiger partial charge in [-0.15, -0.1) is 0 Å². The number of amides is 2. The van der Waals surface area contributed by atoms with Gasteiger partial charge in [0.2, 0.25) is 0 Å². The van der Waals surface area contributed by atoms with Crippen molar-refractivity contribution in [3.63, 3.8) is 0 Å². The van der Waals surface area contributed by atoms with Crippen LogP contribution in [0.25, 0.3) is 0 Å². The van der Waals surface area contributed by atoms with E-state index in [4.69, 9.17) is 16.7 Å². The first-order chi connectivity index (χ1) is 8.43. The van der Waals surface area contributed by atoms with Gasteiger partial charge >= 0.3 is 12.0 Å². The van der Waals surface area contributed by atoms with Gasteiger partial charge in [-0.1, -0.05) is 11.6 Å². The second-order valence-corrected chi connectivity index (χ2v) is 5.74. The molecule has 0 heterocycles. The SMILES string of the molecule is O=C(Nc1cc(I)ccc1Cl)NC1(C(=O)O)CC1. The molecule has 1 aromatic carbocycles. The number of carboxylic acids is 1. The number of anilines is 1. The molecule has 0 radical (unpaired) electrons. The Morgan fingerprint density at radius 1 is 1.39 bits per heavy atom. The first kappa shape index (κ1) is 13.4. The van der Waals surface area contributed by atoms with E-state index in [1.54, 1.807) is 12.1 Å². The molecule has 1 aliphatic rings. The van der Waals surface area contributed by atoms with Gasteiger partial charge in [-0.2, -0.15) is 0 Å². The second kappa shape index (κ2) is 4.93. The summed E-state index contributed by atoms with van der Waals surface area (Å²) in [6.07, 6.45) is 0.908. The van der Waals surface area contributed by atoms with E-state index in [1.807, 2.05) is 6.07 Å². The van der Waals surface area contributed by atoms with Crippen molar-refractivity contribution in [1.82, 2.24) is 5.32 Å². The van der Waals surface area contributed by atoms with Gasteiger partial charge in [-0.05, 0) is 53.6 Å². The zero-order valence-corrected chi connectivity index (χ0v) is 12.1. The van der Waals surface area contributed by atoms with E-state index in [0.29, 0.717) is 23.6 Å². The number of benzene rings is 1. The zero-order valence-electron chi connectivity index (χ0n) is 9.17. The van der Waals surface area contributed by atoms with Crippen LogP contribution >= 0.6 is 34.2 Å². The van der Waals surface area contributed by atoms with Gasteiger partial charge in [-0.3, -0.25) is 0 Å². The lowest BCUT2D eigenvalue weighted by atomic mass is 10.3. The van der Waals surface area contributed by atoms with Crippen molar-refractivity contribution in [2.75, 3.05) is 5.32 Å². The maximum atomic E-state index is 11.7. The van der Waals surface area contributed by atoms with Crippen LogP contribution in [0.3, 0.4) is 0 Å². The summed E-state index contributed by atoms with van der Waals surface area (Å²) in [6.45, 7) is 0. The molecule has 0 unspecified atom stereocenters. The molecule has 0 aliphatic heterocycles. The number of nitrogens with one attached hydrogen (secondary N) is 2. The van der Waals surface area contributed by atoms with Crippen molar-refractivity contribution in [2.45, 2.75) is 18.4 Å². The van der Waals surface area contributed by atoms with E-state index < -0.39 is 17.5 Å². The molecular formula is C11H10ClIN2O3. The van der Waals surface area contributed by atoms with Gasteiger partial charge in [0.05, 0.1) is 10.7 Å². The van der Waals surface area contributed by atoms with Crippen molar-refractivity contribution < 1.29 is 14.7 Å². The van der Waals surface area contributed by atoms with E-state index in [2.05, 4.69) is 33.2 Å². The van der Waals surface area contributed by atoms with Gasteiger partial charge in [0.15, 0.2) is 0 Å². The van der Waals surface area contributed by atoms with Crippen molar-refractivity contribution in [3.05, 3.63) is 26.8 Å². The Labute approximate surface area is 122 Å². The van der Waals surface area contributed by atoms with E-state index in [1.165, 1.54) is 0 Å². The van der Waals surface area contributed by atoms with E-state index in [9.17, 15) is 9.59 Å². The Balaban J connectivity index is 2.04. The van der Waals surface area contributed by atoms with Crippen LogP contribution in [0.5, 0.6) is 0 Å². The number of carbonyl (C=O) groups is 2. The smallest absolute Gasteiger partial charge is 0.329 e. The molecule has 96 valence electrons. The number of carboxylic acid groups (broad SMARTS) is 1. The maximum Gasteiger partial charge on any atom is 0.329 e. The normalized spacial score (nSPS) is 15.9. The highest BCUT2D eigenvalue weighted by molar-refractivity contribution is 14.1. The minimum Gasteiger partial charge on any atom is -0.480 e. The molecule has 1 saturated carbocycles. The third-order valence-corrected chi connectivity index (χ3v) is 3.69. The van der Waals surface area contributed by atoms with Crippen LogP contribution in [-0.4, -0.2) is 22.6 Å². The van der Waals surface area contributed by atoms with Crippen molar-refractivity contribution in [1.29, 1.82) is 0 Å². The standard InChI is InChI=1S/C11H10ClIN2O3/c12-7-2-1-6(13)5-8(7)14-10(18)15-11(3-4-11)9(16)17/h1-2,5H,3-4H2,(H,16,17)(H2,14,15,18). The Hall–Kier alpha value is -1.02. The third-order valence-electron chi connectivity index (χ3n) is 2.69. The van der Waals surface area contributed by atoms with E-state index in [0.717, 1.165) is 3.57 Å². The monoisotopic (exact) mass is 380 g/mol. The van der Waals surface area contributed by atoms with Gasteiger partial charge < -0.3 is 15.7 Å². The Morgan fingerprint density at radius 2 is 2.06 bits per heavy atom. The molecule has 5 nitrogen and oxygen atoms in total. The minimum absolute atomic E-state index is 0.408. The highest BCUT2D eigenvalue weighted by atomic mass is 127. The van der Waals surface area contributed by atoms with Crippen LogP contribution in [0.2, 0.25) is 5.02 Å². The predicted molar refractivity (Wildman–Crippen MR) is 75.9 cm³/mol. The van der Waals surface area contributed by atoms with Crippen LogP contribution in [0.15, 0.2) is 18.2 Å². The summed E-state index contributed by atoms with van der Waals surface area (Å²) in [7, 11) is 0. The summed E-state index contributed by atoms with van der Waals surface area (Å²) in [5, 5.41) is 14.4. The topological polar surface area (TPSA) is 78.4 Å². The number of aliphatic carboxylic acids is 1. The highest BCUT2D eigenvalue weighted by Gasteiger charge is 2.51. The van der Waals surface area contributed by atoms with Crippen molar-refractivity contribution in [3.8, 4) is 0 Å². The average Bonchev–Trinajstić information content (AvgIpc) is 3.04. The molecule has 1 fully saturated rings. The predicted octanol–water partition coefficient (Wildman–Crippen LogP) is 2.68. The minimum atomic E-state index is -1.10. The highest BCUT2D eigenvalue weighted by Crippen LogP contribution is 2.35. The van der Waals surface area contributed by atoms with Crippen LogP contribution in [0.4, 0.5) is 10.5 Å². The summed E-state index contributed by atoms with van der Waals surface area (Å²) in [5.74, 6) is -1.01. The number of hydrogen-bond acceptors (Lipinski definition) is 2. The lowest BCUT2D eigenvalue weighted by molar-refractivity contribution is -0.140. The molecule has 3 N–H and O–H groups in total. The second-order valence-electron chi connectivity index (χ2n) is 4.09. The van der Waals surface area contributed by atoms with Gasteiger partial charge in [-0.25, -0.2) is 9.59 Å². The third kappa shape index (κ3) is 2.86. The molecule has 0 bridgehead atoms. The molecule has 0 spiro atoms. The number of urea groups is 1. The molecule has 0 aromatic heterocycles. The fourth-order valence-electron chi connectivity index (χ4n) is 1.48. The van der Waals surface area contributed by atoms with Crippen molar-refractivity contribution >= 4 is 51.9 Å². The van der Waals surface area contributed by atoms with Crippen LogP contribution < -0.4 is 10.6 Å². The average molecular weight is 381 g/mol.